The number of fused-ring (bicyclic) bond motifs is 1. The van der Waals surface area contributed by atoms with Gasteiger partial charge in [-0.05, 0) is 48.8 Å². The molecule has 2 aromatic rings. The third kappa shape index (κ3) is 7.84. The molecule has 0 N–H and O–H groups in total. The molecule has 2 amide bonds. The Balaban J connectivity index is 1.64. The maximum absolute atomic E-state index is 13.2. The second-order valence-electron chi connectivity index (χ2n) is 8.97. The number of hydrogen-bond acceptors (Lipinski definition) is 13. The summed E-state index contributed by atoms with van der Waals surface area (Å²) in [6.45, 7) is 5.60. The van der Waals surface area contributed by atoms with Gasteiger partial charge in [0, 0.05) is 39.3 Å². The molecule has 0 unspecified atom stereocenters. The summed E-state index contributed by atoms with van der Waals surface area (Å²) >= 11 is 3.46. The molecule has 0 aliphatic carbocycles. The van der Waals surface area contributed by atoms with Gasteiger partial charge in [0.15, 0.2) is 24.9 Å². The molecule has 42 heavy (non-hydrogen) atoms. The largest absolute Gasteiger partial charge is 0.451 e. The van der Waals surface area contributed by atoms with Crippen LogP contribution in [0.5, 0.6) is 0 Å². The highest BCUT2D eigenvalue weighted by Gasteiger charge is 2.37. The summed E-state index contributed by atoms with van der Waals surface area (Å²) in [7, 11) is 0. The zero-order valence-corrected chi connectivity index (χ0v) is 24.9. The van der Waals surface area contributed by atoms with Crippen molar-refractivity contribution in [1.29, 1.82) is 0 Å². The molecule has 0 spiro atoms. The van der Waals surface area contributed by atoms with E-state index in [2.05, 4.69) is 35.6 Å². The summed E-state index contributed by atoms with van der Waals surface area (Å²) in [6.07, 6.45) is -0.932. The van der Waals surface area contributed by atoms with Crippen LogP contribution in [0.1, 0.15) is 34.6 Å². The fourth-order valence-corrected chi connectivity index (χ4v) is 4.25. The molecule has 224 valence electrons. The number of carbonyl (C=O) groups excluding carboxylic acids is 6. The number of ether oxygens (including phenoxy) is 4. The Morgan fingerprint density at radius 2 is 1.52 bits per heavy atom. The van der Waals surface area contributed by atoms with Gasteiger partial charge in [0.25, 0.3) is 5.91 Å². The van der Waals surface area contributed by atoms with Crippen molar-refractivity contribution >= 4 is 74.3 Å². The molecule has 16 heteroatoms. The van der Waals surface area contributed by atoms with Gasteiger partial charge in [0.05, 0.1) is 15.7 Å². The average Bonchev–Trinajstić information content (AvgIpc) is 3.36. The third-order valence-electron chi connectivity index (χ3n) is 5.74. The van der Waals surface area contributed by atoms with E-state index in [0.29, 0.717) is 21.2 Å². The average molecular weight is 650 g/mol. The molecule has 3 rings (SSSR count). The van der Waals surface area contributed by atoms with Crippen molar-refractivity contribution in [2.24, 2.45) is 4.99 Å². The number of hydrogen-bond donors (Lipinski definition) is 0. The predicted octanol–water partition coefficient (Wildman–Crippen LogP) is 1.43. The van der Waals surface area contributed by atoms with Crippen LogP contribution in [0.15, 0.2) is 34.0 Å². The zero-order valence-electron chi connectivity index (χ0n) is 23.4. The molecule has 3 atom stereocenters. The number of carbonyl (C=O) groups is 6. The predicted molar refractivity (Wildman–Crippen MR) is 147 cm³/mol. The van der Waals surface area contributed by atoms with Crippen LogP contribution in [-0.4, -0.2) is 99.4 Å². The first-order valence-electron chi connectivity index (χ1n) is 12.6. The van der Waals surface area contributed by atoms with Crippen LogP contribution in [0.25, 0.3) is 11.0 Å². The second kappa shape index (κ2) is 13.9. The number of aromatic nitrogens is 2. The lowest BCUT2D eigenvalue weighted by Crippen LogP contribution is -2.44. The first-order chi connectivity index (χ1) is 19.8. The van der Waals surface area contributed by atoms with Crippen LogP contribution < -0.4 is 0 Å². The zero-order chi connectivity index (χ0) is 31.1. The van der Waals surface area contributed by atoms with Crippen LogP contribution in [0, 0.1) is 0 Å². The van der Waals surface area contributed by atoms with Crippen molar-refractivity contribution in [2.45, 2.75) is 52.9 Å². The van der Waals surface area contributed by atoms with Gasteiger partial charge >= 0.3 is 23.9 Å². The van der Waals surface area contributed by atoms with E-state index in [1.54, 1.807) is 18.3 Å². The fourth-order valence-electron chi connectivity index (χ4n) is 3.72. The maximum Gasteiger partial charge on any atom is 0.347 e. The van der Waals surface area contributed by atoms with Crippen molar-refractivity contribution in [2.75, 3.05) is 19.7 Å². The molecule has 1 aliphatic heterocycles. The highest BCUT2D eigenvalue weighted by Crippen LogP contribution is 2.32. The van der Waals surface area contributed by atoms with Gasteiger partial charge in [-0.3, -0.25) is 34.2 Å². The molecule has 1 aromatic carbocycles. The molecule has 0 radical (unpaired) electrons. The number of guanidine groups is 1. The third-order valence-corrected chi connectivity index (χ3v) is 6.52. The Bertz CT molecular complexity index is 1450. The Kier molecular flexibility index (Phi) is 10.6. The molecule has 0 bridgehead atoms. The van der Waals surface area contributed by atoms with Gasteiger partial charge in [-0.25, -0.2) is 19.4 Å². The quantitative estimate of drug-likeness (QED) is 0.281. The van der Waals surface area contributed by atoms with Gasteiger partial charge in [0.1, 0.15) is 5.52 Å². The minimum atomic E-state index is -1.41. The fraction of sp³-hybridized carbons (Fsp3) is 0.423. The standard InChI is InChI=1S/C26H28BrN5O10/c1-13(41-20(35)12-39-24(37)14(2)42-25(38)15(3)40-17(5)34)23(36)32-11-10-31(16(4)33)26(32)30-18-6-7-19-22(21(18)27)29-9-8-28-19/h6-9,13-15H,10-12H2,1-5H3/t13-,14-,15-/m0/s1. The van der Waals surface area contributed by atoms with E-state index >= 15 is 0 Å². The normalized spacial score (nSPS) is 16.0. The highest BCUT2D eigenvalue weighted by atomic mass is 79.9. The van der Waals surface area contributed by atoms with Crippen molar-refractivity contribution in [1.82, 2.24) is 19.8 Å². The molecule has 0 saturated carbocycles. The monoisotopic (exact) mass is 649 g/mol. The molecule has 1 aromatic heterocycles. The summed E-state index contributed by atoms with van der Waals surface area (Å²) in [5, 5.41) is 0. The second-order valence-corrected chi connectivity index (χ2v) is 9.76. The van der Waals surface area contributed by atoms with Crippen LogP contribution in [-0.2, 0) is 47.7 Å². The Morgan fingerprint density at radius 1 is 0.881 bits per heavy atom. The van der Waals surface area contributed by atoms with Gasteiger partial charge in [-0.2, -0.15) is 0 Å². The summed E-state index contributed by atoms with van der Waals surface area (Å²) in [6, 6.07) is 3.35. The molecule has 2 heterocycles. The highest BCUT2D eigenvalue weighted by molar-refractivity contribution is 9.10. The number of esters is 4. The first kappa shape index (κ1) is 32.0. The lowest BCUT2D eigenvalue weighted by molar-refractivity contribution is -0.179. The maximum atomic E-state index is 13.2. The number of amides is 2. The Hall–Kier alpha value is -4.47. The Labute approximate surface area is 248 Å². The lowest BCUT2D eigenvalue weighted by Gasteiger charge is -2.23. The van der Waals surface area contributed by atoms with E-state index in [4.69, 9.17) is 14.2 Å². The summed E-state index contributed by atoms with van der Waals surface area (Å²) in [5.41, 5.74) is 1.53. The molecule has 15 nitrogen and oxygen atoms in total. The van der Waals surface area contributed by atoms with E-state index in [0.717, 1.165) is 6.92 Å². The Morgan fingerprint density at radius 3 is 2.19 bits per heavy atom. The number of halogens is 1. The van der Waals surface area contributed by atoms with E-state index in [-0.39, 0.29) is 25.0 Å². The minimum Gasteiger partial charge on any atom is -0.451 e. The summed E-state index contributed by atoms with van der Waals surface area (Å²) < 4.78 is 20.0. The van der Waals surface area contributed by atoms with Gasteiger partial charge in [-0.1, -0.05) is 0 Å². The number of rotatable bonds is 9. The van der Waals surface area contributed by atoms with Crippen molar-refractivity contribution in [3.05, 3.63) is 29.0 Å². The van der Waals surface area contributed by atoms with Crippen molar-refractivity contribution < 1.29 is 47.7 Å². The molecule has 1 aliphatic rings. The smallest absolute Gasteiger partial charge is 0.347 e. The number of aliphatic imine (C=N–C) groups is 1. The lowest BCUT2D eigenvalue weighted by atomic mass is 10.2. The first-order valence-corrected chi connectivity index (χ1v) is 13.4. The van der Waals surface area contributed by atoms with E-state index in [9.17, 15) is 28.8 Å². The molecular formula is C26H28BrN5O10. The van der Waals surface area contributed by atoms with Crippen molar-refractivity contribution in [3.8, 4) is 0 Å². The SMILES string of the molecule is CC(=O)O[C@@H](C)C(=O)O[C@@H](C)C(=O)OCC(=O)O[C@@H](C)C(=O)N1CCN(C(C)=O)C1=Nc1ccc2nccnc2c1Br. The molecule has 1 fully saturated rings. The van der Waals surface area contributed by atoms with Crippen LogP contribution in [0.2, 0.25) is 0 Å². The van der Waals surface area contributed by atoms with E-state index in [1.807, 2.05) is 0 Å². The van der Waals surface area contributed by atoms with Crippen LogP contribution >= 0.6 is 15.9 Å². The topological polar surface area (TPSA) is 184 Å². The van der Waals surface area contributed by atoms with Gasteiger partial charge in [0.2, 0.25) is 11.9 Å². The minimum absolute atomic E-state index is 0.0318. The van der Waals surface area contributed by atoms with Gasteiger partial charge in [-0.15, -0.1) is 0 Å². The summed E-state index contributed by atoms with van der Waals surface area (Å²) in [4.78, 5) is 88.4. The van der Waals surface area contributed by atoms with Gasteiger partial charge < -0.3 is 18.9 Å². The van der Waals surface area contributed by atoms with Crippen LogP contribution in [0.4, 0.5) is 5.69 Å². The van der Waals surface area contributed by atoms with Crippen molar-refractivity contribution in [3.63, 3.8) is 0 Å². The van der Waals surface area contributed by atoms with E-state index in [1.165, 1.54) is 43.7 Å². The number of nitrogens with zero attached hydrogens (tertiary/aromatic N) is 5. The van der Waals surface area contributed by atoms with Crippen LogP contribution in [0.3, 0.4) is 0 Å². The summed E-state index contributed by atoms with van der Waals surface area (Å²) in [5.74, 6) is -4.80. The molecule has 1 saturated heterocycles. The van der Waals surface area contributed by atoms with E-state index < -0.39 is 54.7 Å². The number of benzene rings is 1. The molecular weight excluding hydrogens is 622 g/mol.